The number of benzene rings is 1. The zero-order valence-corrected chi connectivity index (χ0v) is 19.7. The Kier molecular flexibility index (Phi) is 8.87. The molecule has 184 valence electrons. The first-order valence-electron chi connectivity index (χ1n) is 10.6. The molecule has 1 atom stereocenters. The predicted molar refractivity (Wildman–Crippen MR) is 122 cm³/mol. The molecule has 2 aromatic rings. The summed E-state index contributed by atoms with van der Waals surface area (Å²) >= 11 is 0. The van der Waals surface area contributed by atoms with Crippen LogP contribution in [0.25, 0.3) is 0 Å². The van der Waals surface area contributed by atoms with E-state index in [1.807, 2.05) is 0 Å². The molecular formula is C21H27N5O7S. The second-order valence-corrected chi connectivity index (χ2v) is 9.11. The second-order valence-electron chi connectivity index (χ2n) is 7.17. The molecule has 1 aliphatic rings. The van der Waals surface area contributed by atoms with Crippen LogP contribution < -0.4 is 10.1 Å². The van der Waals surface area contributed by atoms with Gasteiger partial charge in [-0.05, 0) is 12.1 Å². The van der Waals surface area contributed by atoms with Gasteiger partial charge in [-0.1, -0.05) is 24.2 Å². The van der Waals surface area contributed by atoms with Crippen LogP contribution in [0.5, 0.6) is 5.88 Å². The molecule has 2 N–H and O–H groups in total. The molecule has 13 heteroatoms. The number of rotatable bonds is 11. The Morgan fingerprint density at radius 1 is 1.29 bits per heavy atom. The SMILES string of the molecule is CCN(CCO)S(=O)(=O)c1ccc(C(=NO[C@@H]2CCOC2)C(=O)Nc2cnc(OC)cn2)cc1. The maximum Gasteiger partial charge on any atom is 0.279 e. The smallest absolute Gasteiger partial charge is 0.279 e. The Bertz CT molecular complexity index is 1090. The first kappa shape index (κ1) is 25.5. The molecule has 1 saturated heterocycles. The highest BCUT2D eigenvalue weighted by molar-refractivity contribution is 7.89. The maximum atomic E-state index is 13.0. The molecule has 1 aliphatic heterocycles. The Morgan fingerprint density at radius 3 is 2.62 bits per heavy atom. The molecule has 0 aliphatic carbocycles. The van der Waals surface area contributed by atoms with Gasteiger partial charge in [-0.3, -0.25) is 4.79 Å². The summed E-state index contributed by atoms with van der Waals surface area (Å²) in [6.07, 6.45) is 3.03. The summed E-state index contributed by atoms with van der Waals surface area (Å²) in [5.74, 6) is -0.162. The average molecular weight is 494 g/mol. The lowest BCUT2D eigenvalue weighted by atomic mass is 10.1. The Balaban J connectivity index is 1.86. The fourth-order valence-electron chi connectivity index (χ4n) is 3.10. The summed E-state index contributed by atoms with van der Waals surface area (Å²) in [5.41, 5.74) is 0.262. The number of sulfonamides is 1. The van der Waals surface area contributed by atoms with Crippen LogP contribution in [0.3, 0.4) is 0 Å². The van der Waals surface area contributed by atoms with Crippen molar-refractivity contribution in [2.45, 2.75) is 24.3 Å². The van der Waals surface area contributed by atoms with Gasteiger partial charge in [0.05, 0.1) is 44.2 Å². The van der Waals surface area contributed by atoms with Gasteiger partial charge in [0.1, 0.15) is 0 Å². The number of carbonyl (C=O) groups excluding carboxylic acids is 1. The molecule has 1 aromatic carbocycles. The highest BCUT2D eigenvalue weighted by atomic mass is 32.2. The minimum Gasteiger partial charge on any atom is -0.480 e. The number of aromatic nitrogens is 2. The van der Waals surface area contributed by atoms with Crippen molar-refractivity contribution in [2.75, 3.05) is 45.3 Å². The molecule has 34 heavy (non-hydrogen) atoms. The fourth-order valence-corrected chi connectivity index (χ4v) is 4.54. The van der Waals surface area contributed by atoms with Crippen molar-refractivity contribution in [3.8, 4) is 5.88 Å². The zero-order valence-electron chi connectivity index (χ0n) is 18.9. The van der Waals surface area contributed by atoms with E-state index in [0.717, 1.165) is 4.31 Å². The van der Waals surface area contributed by atoms with Crippen LogP contribution in [0, 0.1) is 0 Å². The third-order valence-electron chi connectivity index (χ3n) is 4.94. The number of aliphatic hydroxyl groups excluding tert-OH is 1. The van der Waals surface area contributed by atoms with Gasteiger partial charge in [0.2, 0.25) is 15.9 Å². The van der Waals surface area contributed by atoms with E-state index in [1.165, 1.54) is 43.8 Å². The molecule has 0 saturated carbocycles. The van der Waals surface area contributed by atoms with E-state index < -0.39 is 15.9 Å². The van der Waals surface area contributed by atoms with Gasteiger partial charge in [-0.2, -0.15) is 4.31 Å². The summed E-state index contributed by atoms with van der Waals surface area (Å²) in [4.78, 5) is 26.6. The molecule has 12 nitrogen and oxygen atoms in total. The quantitative estimate of drug-likeness (QED) is 0.339. The van der Waals surface area contributed by atoms with Crippen molar-refractivity contribution >= 4 is 27.5 Å². The number of oxime groups is 1. The summed E-state index contributed by atoms with van der Waals surface area (Å²) in [7, 11) is -2.35. The third-order valence-corrected chi connectivity index (χ3v) is 6.93. The summed E-state index contributed by atoms with van der Waals surface area (Å²) in [5, 5.41) is 15.8. The average Bonchev–Trinajstić information content (AvgIpc) is 3.37. The second kappa shape index (κ2) is 11.8. The van der Waals surface area contributed by atoms with E-state index in [1.54, 1.807) is 6.92 Å². The van der Waals surface area contributed by atoms with Crippen LogP contribution in [0.1, 0.15) is 18.9 Å². The standard InChI is InChI=1S/C21H27N5O7S/c1-3-26(9-10-27)34(29,30)17-6-4-15(5-7-17)20(25-33-16-8-11-32-14-16)21(28)24-18-12-23-19(31-2)13-22-18/h4-7,12-13,16,27H,3,8-11,14H2,1-2H3,(H,22,24,28)/t16-/m1/s1. The number of likely N-dealkylation sites (N-methyl/N-ethyl adjacent to an activating group) is 1. The molecule has 1 amide bonds. The largest absolute Gasteiger partial charge is 0.480 e. The molecule has 1 fully saturated rings. The summed E-state index contributed by atoms with van der Waals surface area (Å²) in [6, 6.07) is 5.68. The van der Waals surface area contributed by atoms with E-state index in [2.05, 4.69) is 20.4 Å². The number of nitrogens with one attached hydrogen (secondary N) is 1. The Labute approximate surface area is 197 Å². The molecule has 0 unspecified atom stereocenters. The fraction of sp³-hybridized carbons (Fsp3) is 0.429. The topological polar surface area (TPSA) is 153 Å². The number of anilines is 1. The van der Waals surface area contributed by atoms with Crippen LogP contribution in [0.4, 0.5) is 5.82 Å². The van der Waals surface area contributed by atoms with Gasteiger partial charge >= 0.3 is 0 Å². The molecule has 0 bridgehead atoms. The molecule has 3 rings (SSSR count). The van der Waals surface area contributed by atoms with E-state index in [0.29, 0.717) is 25.2 Å². The van der Waals surface area contributed by atoms with Crippen molar-refractivity contribution in [1.29, 1.82) is 0 Å². The van der Waals surface area contributed by atoms with Crippen molar-refractivity contribution in [2.24, 2.45) is 5.16 Å². The highest BCUT2D eigenvalue weighted by Crippen LogP contribution is 2.18. The van der Waals surface area contributed by atoms with E-state index in [4.69, 9.17) is 19.4 Å². The number of amides is 1. The van der Waals surface area contributed by atoms with Gasteiger partial charge in [0.25, 0.3) is 5.91 Å². The number of methoxy groups -OCH3 is 1. The van der Waals surface area contributed by atoms with Gasteiger partial charge in [-0.25, -0.2) is 18.4 Å². The van der Waals surface area contributed by atoms with Crippen LogP contribution >= 0.6 is 0 Å². The van der Waals surface area contributed by atoms with Crippen LogP contribution in [-0.2, 0) is 24.4 Å². The van der Waals surface area contributed by atoms with Crippen molar-refractivity contribution in [1.82, 2.24) is 14.3 Å². The van der Waals surface area contributed by atoms with Gasteiger partial charge < -0.3 is 24.7 Å². The minimum absolute atomic E-state index is 0.0180. The van der Waals surface area contributed by atoms with Crippen LogP contribution in [0.15, 0.2) is 46.7 Å². The van der Waals surface area contributed by atoms with Crippen LogP contribution in [-0.4, -0.2) is 85.5 Å². The maximum absolute atomic E-state index is 13.0. The number of ether oxygens (including phenoxy) is 2. The molecule has 0 radical (unpaired) electrons. The number of carbonyl (C=O) groups is 1. The van der Waals surface area contributed by atoms with Crippen molar-refractivity contribution in [3.05, 3.63) is 42.2 Å². The molecule has 0 spiro atoms. The lowest BCUT2D eigenvalue weighted by Crippen LogP contribution is -2.33. The van der Waals surface area contributed by atoms with Crippen LogP contribution in [0.2, 0.25) is 0 Å². The normalized spacial score (nSPS) is 16.5. The number of hydrogen-bond donors (Lipinski definition) is 2. The molecule has 1 aromatic heterocycles. The summed E-state index contributed by atoms with van der Waals surface area (Å²) in [6.45, 7) is 2.48. The van der Waals surface area contributed by atoms with Gasteiger partial charge in [0.15, 0.2) is 17.6 Å². The monoisotopic (exact) mass is 493 g/mol. The van der Waals surface area contributed by atoms with E-state index in [-0.39, 0.29) is 48.1 Å². The van der Waals surface area contributed by atoms with Crippen molar-refractivity contribution < 1.29 is 32.6 Å². The van der Waals surface area contributed by atoms with Crippen molar-refractivity contribution in [3.63, 3.8) is 0 Å². The predicted octanol–water partition coefficient (Wildman–Crippen LogP) is 0.636. The van der Waals surface area contributed by atoms with E-state index in [9.17, 15) is 13.2 Å². The lowest BCUT2D eigenvalue weighted by Gasteiger charge is -2.19. The molecular weight excluding hydrogens is 466 g/mol. The third kappa shape index (κ3) is 6.26. The van der Waals surface area contributed by atoms with Gasteiger partial charge in [-0.15, -0.1) is 0 Å². The van der Waals surface area contributed by atoms with E-state index >= 15 is 0 Å². The Morgan fingerprint density at radius 2 is 2.06 bits per heavy atom. The molecule has 2 heterocycles. The number of aliphatic hydroxyl groups is 1. The zero-order chi connectivity index (χ0) is 24.6. The summed E-state index contributed by atoms with van der Waals surface area (Å²) < 4.78 is 37.0. The number of hydrogen-bond acceptors (Lipinski definition) is 10. The lowest BCUT2D eigenvalue weighted by molar-refractivity contribution is -0.110. The minimum atomic E-state index is -3.80. The van der Waals surface area contributed by atoms with Gasteiger partial charge in [0, 0.05) is 25.1 Å². The first-order chi connectivity index (χ1) is 16.4. The highest BCUT2D eigenvalue weighted by Gasteiger charge is 2.24. The first-order valence-corrected chi connectivity index (χ1v) is 12.0. The number of nitrogens with zero attached hydrogens (tertiary/aromatic N) is 4. The Hall–Kier alpha value is -3.13.